The zero-order valence-corrected chi connectivity index (χ0v) is 15.5. The van der Waals surface area contributed by atoms with Crippen LogP contribution in [0, 0.1) is 0 Å². The lowest BCUT2D eigenvalue weighted by Gasteiger charge is -2.39. The van der Waals surface area contributed by atoms with Crippen LogP contribution >= 0.6 is 22.6 Å². The maximum absolute atomic E-state index is 2.77. The van der Waals surface area contributed by atoms with Gasteiger partial charge in [-0.15, -0.1) is 0 Å². The van der Waals surface area contributed by atoms with Crippen LogP contribution in [0.15, 0.2) is 0 Å². The summed E-state index contributed by atoms with van der Waals surface area (Å²) >= 11 is 2.77. The van der Waals surface area contributed by atoms with E-state index in [-0.39, 0.29) is 0 Å². The first-order valence-corrected chi connectivity index (χ1v) is 9.99. The zero-order valence-electron chi connectivity index (χ0n) is 13.3. The monoisotopic (exact) mass is 380 g/mol. The number of hydrogen-bond donors (Lipinski definition) is 0. The van der Waals surface area contributed by atoms with Crippen LogP contribution in [0.2, 0.25) is 0 Å². The molecule has 0 saturated carbocycles. The van der Waals surface area contributed by atoms with Crippen molar-refractivity contribution < 1.29 is 4.48 Å². The molecule has 1 unspecified atom stereocenters. The predicted molar refractivity (Wildman–Crippen MR) is 94.8 cm³/mol. The molecule has 0 radical (unpaired) electrons. The van der Waals surface area contributed by atoms with Gasteiger partial charge in [-0.3, -0.25) is 0 Å². The molecular formula is C17H35IN+. The van der Waals surface area contributed by atoms with E-state index in [0.717, 1.165) is 4.05 Å². The third-order valence-corrected chi connectivity index (χ3v) is 6.57. The van der Waals surface area contributed by atoms with Gasteiger partial charge in [0, 0.05) is 19.3 Å². The summed E-state index contributed by atoms with van der Waals surface area (Å²) in [6, 6.07) is 0. The molecule has 0 amide bonds. The second kappa shape index (κ2) is 10.4. The molecule has 0 aromatic carbocycles. The number of likely N-dealkylation sites (tertiary alicyclic amines) is 1. The minimum Gasteiger partial charge on any atom is -0.313 e. The number of rotatable bonds is 11. The fourth-order valence-corrected chi connectivity index (χ4v) is 4.87. The van der Waals surface area contributed by atoms with Gasteiger partial charge in [-0.05, 0) is 35.4 Å². The highest BCUT2D eigenvalue weighted by molar-refractivity contribution is 14.1. The molecule has 114 valence electrons. The maximum Gasteiger partial charge on any atom is 0.139 e. The summed E-state index contributed by atoms with van der Waals surface area (Å²) in [5.41, 5.74) is 0. The lowest BCUT2D eigenvalue weighted by atomic mass is 10.1. The molecule has 0 spiro atoms. The van der Waals surface area contributed by atoms with Gasteiger partial charge < -0.3 is 4.48 Å². The fraction of sp³-hybridized carbons (Fsp3) is 1.00. The SMILES string of the molecule is CCCCCCCCCC(I)[N+]1(CCC)CCCC1. The molecule has 0 aliphatic carbocycles. The molecule has 1 fully saturated rings. The molecule has 1 rings (SSSR count). The van der Waals surface area contributed by atoms with E-state index < -0.39 is 0 Å². The number of halogens is 1. The summed E-state index contributed by atoms with van der Waals surface area (Å²) in [5, 5.41) is 0. The molecule has 0 aromatic heterocycles. The smallest absolute Gasteiger partial charge is 0.139 e. The summed E-state index contributed by atoms with van der Waals surface area (Å²) in [5.74, 6) is 0. The summed E-state index contributed by atoms with van der Waals surface area (Å²) in [6.45, 7) is 8.99. The van der Waals surface area contributed by atoms with Crippen molar-refractivity contribution in [1.29, 1.82) is 0 Å². The Morgan fingerprint density at radius 3 is 2.00 bits per heavy atom. The van der Waals surface area contributed by atoms with Crippen molar-refractivity contribution in [2.24, 2.45) is 0 Å². The van der Waals surface area contributed by atoms with E-state index in [1.54, 1.807) is 0 Å². The van der Waals surface area contributed by atoms with Crippen molar-refractivity contribution in [3.05, 3.63) is 0 Å². The number of hydrogen-bond acceptors (Lipinski definition) is 0. The standard InChI is InChI=1S/C17H35IN/c1-3-5-6-7-8-9-10-13-17(18)19(14-4-2)15-11-12-16-19/h17H,3-16H2,1-2H3/q+1. The van der Waals surface area contributed by atoms with E-state index in [0.29, 0.717) is 0 Å². The predicted octanol–water partition coefficient (Wildman–Crippen LogP) is 5.91. The summed E-state index contributed by atoms with van der Waals surface area (Å²) in [6.07, 6.45) is 15.9. The van der Waals surface area contributed by atoms with E-state index in [2.05, 4.69) is 36.4 Å². The topological polar surface area (TPSA) is 0 Å². The summed E-state index contributed by atoms with van der Waals surface area (Å²) in [7, 11) is 0. The van der Waals surface area contributed by atoms with E-state index in [1.165, 1.54) is 94.7 Å². The molecule has 1 heterocycles. The molecule has 1 atom stereocenters. The molecule has 2 heteroatoms. The van der Waals surface area contributed by atoms with Gasteiger partial charge in [-0.1, -0.05) is 52.4 Å². The Labute approximate surface area is 135 Å². The van der Waals surface area contributed by atoms with Gasteiger partial charge in [0.05, 0.1) is 19.6 Å². The Hall–Kier alpha value is 0.690. The largest absolute Gasteiger partial charge is 0.313 e. The number of nitrogens with zero attached hydrogens (tertiary/aromatic N) is 1. The van der Waals surface area contributed by atoms with Crippen LogP contribution in [0.4, 0.5) is 0 Å². The molecule has 19 heavy (non-hydrogen) atoms. The second-order valence-corrected chi connectivity index (χ2v) is 7.88. The van der Waals surface area contributed by atoms with Gasteiger partial charge >= 0.3 is 0 Å². The Kier molecular flexibility index (Phi) is 9.73. The Balaban J connectivity index is 2.13. The molecule has 1 aliphatic heterocycles. The molecule has 0 aromatic rings. The van der Waals surface area contributed by atoms with E-state index in [4.69, 9.17) is 0 Å². The van der Waals surface area contributed by atoms with Gasteiger partial charge in [0.2, 0.25) is 0 Å². The lowest BCUT2D eigenvalue weighted by Crippen LogP contribution is -2.51. The van der Waals surface area contributed by atoms with Crippen molar-refractivity contribution in [3.8, 4) is 0 Å². The van der Waals surface area contributed by atoms with Crippen LogP contribution in [-0.2, 0) is 0 Å². The number of unbranched alkanes of at least 4 members (excludes halogenated alkanes) is 6. The highest BCUT2D eigenvalue weighted by atomic mass is 127. The van der Waals surface area contributed by atoms with Crippen molar-refractivity contribution in [2.75, 3.05) is 19.6 Å². The number of quaternary nitrogens is 1. The highest BCUT2D eigenvalue weighted by Gasteiger charge is 2.36. The van der Waals surface area contributed by atoms with Gasteiger partial charge in [0.15, 0.2) is 0 Å². The molecule has 1 nitrogen and oxygen atoms in total. The van der Waals surface area contributed by atoms with Gasteiger partial charge in [-0.2, -0.15) is 0 Å². The average molecular weight is 380 g/mol. The quantitative estimate of drug-likeness (QED) is 0.137. The van der Waals surface area contributed by atoms with Crippen molar-refractivity contribution in [2.45, 2.75) is 88.5 Å². The van der Waals surface area contributed by atoms with Crippen molar-refractivity contribution in [1.82, 2.24) is 0 Å². The average Bonchev–Trinajstić information content (AvgIpc) is 2.88. The zero-order chi connectivity index (χ0) is 14.0. The van der Waals surface area contributed by atoms with Crippen LogP contribution in [-0.4, -0.2) is 28.2 Å². The Morgan fingerprint density at radius 2 is 1.42 bits per heavy atom. The number of alkyl halides is 1. The van der Waals surface area contributed by atoms with Crippen LogP contribution in [0.25, 0.3) is 0 Å². The van der Waals surface area contributed by atoms with Crippen LogP contribution in [0.1, 0.15) is 84.5 Å². The minimum atomic E-state index is 0.885. The maximum atomic E-state index is 2.77. The van der Waals surface area contributed by atoms with Crippen LogP contribution < -0.4 is 0 Å². The Bertz CT molecular complexity index is 211. The van der Waals surface area contributed by atoms with Crippen LogP contribution in [0.3, 0.4) is 0 Å². The highest BCUT2D eigenvalue weighted by Crippen LogP contribution is 2.31. The van der Waals surface area contributed by atoms with Gasteiger partial charge in [0.25, 0.3) is 0 Å². The molecule has 1 aliphatic rings. The summed E-state index contributed by atoms with van der Waals surface area (Å²) in [4.78, 5) is 0. The minimum absolute atomic E-state index is 0.885. The molecule has 0 N–H and O–H groups in total. The first-order chi connectivity index (χ1) is 9.25. The molecule has 0 bridgehead atoms. The second-order valence-electron chi connectivity index (χ2n) is 6.44. The van der Waals surface area contributed by atoms with Crippen LogP contribution in [0.5, 0.6) is 0 Å². The first kappa shape index (κ1) is 17.7. The van der Waals surface area contributed by atoms with Gasteiger partial charge in [-0.25, -0.2) is 0 Å². The van der Waals surface area contributed by atoms with E-state index in [9.17, 15) is 0 Å². The van der Waals surface area contributed by atoms with Crippen molar-refractivity contribution >= 4 is 22.6 Å². The Morgan fingerprint density at radius 1 is 0.842 bits per heavy atom. The van der Waals surface area contributed by atoms with Gasteiger partial charge in [0.1, 0.15) is 4.05 Å². The van der Waals surface area contributed by atoms with Crippen molar-refractivity contribution in [3.63, 3.8) is 0 Å². The molecular weight excluding hydrogens is 345 g/mol. The first-order valence-electron chi connectivity index (χ1n) is 8.75. The normalized spacial score (nSPS) is 19.7. The third-order valence-electron chi connectivity index (χ3n) is 4.77. The summed E-state index contributed by atoms with van der Waals surface area (Å²) < 4.78 is 2.32. The van der Waals surface area contributed by atoms with E-state index in [1.807, 2.05) is 0 Å². The third kappa shape index (κ3) is 6.33. The lowest BCUT2D eigenvalue weighted by molar-refractivity contribution is -0.922. The fourth-order valence-electron chi connectivity index (χ4n) is 3.60. The van der Waals surface area contributed by atoms with E-state index >= 15 is 0 Å². The molecule has 1 saturated heterocycles.